The Labute approximate surface area is 47.0 Å². The Hall–Kier alpha value is 0.890. The monoisotopic (exact) mass is 204 g/mol. The van der Waals surface area contributed by atoms with Gasteiger partial charge in [0, 0.05) is 5.33 Å². The van der Waals surface area contributed by atoms with Crippen molar-refractivity contribution in [3.05, 3.63) is 0 Å². The summed E-state index contributed by atoms with van der Waals surface area (Å²) in [5.41, 5.74) is 0. The summed E-state index contributed by atoms with van der Waals surface area (Å²) in [6, 6.07) is 0. The molecule has 0 aliphatic carbocycles. The summed E-state index contributed by atoms with van der Waals surface area (Å²) in [5, 5.41) is -0.519. The second-order valence-corrected chi connectivity index (χ2v) is 2.19. The van der Waals surface area contributed by atoms with Crippen molar-refractivity contribution in [2.75, 3.05) is 5.33 Å². The minimum absolute atomic E-state index is 0.368. The van der Waals surface area contributed by atoms with Crippen molar-refractivity contribution in [1.29, 1.82) is 0 Å². The molecule has 0 aromatic rings. The van der Waals surface area contributed by atoms with E-state index in [1.54, 1.807) is 0 Å². The molecule has 5 heavy (non-hydrogen) atoms. The van der Waals surface area contributed by atoms with Crippen LogP contribution in [0.1, 0.15) is 0 Å². The predicted octanol–water partition coefficient (Wildman–Crippen LogP) is 2.07. The summed E-state index contributed by atoms with van der Waals surface area (Å²) >= 11 is 5.55. The van der Waals surface area contributed by atoms with Gasteiger partial charge in [-0.3, -0.25) is 0 Å². The van der Waals surface area contributed by atoms with E-state index in [2.05, 4.69) is 31.9 Å². The van der Waals surface area contributed by atoms with Crippen molar-refractivity contribution < 1.29 is 4.39 Å². The first kappa shape index (κ1) is 5.89. The fourth-order valence-electron chi connectivity index (χ4n) is 0. The van der Waals surface area contributed by atoms with Crippen LogP contribution in [0.2, 0.25) is 0 Å². The molecule has 0 spiro atoms. The van der Waals surface area contributed by atoms with E-state index in [0.29, 0.717) is 5.33 Å². The van der Waals surface area contributed by atoms with Gasteiger partial charge in [0.05, 0.1) is 0 Å². The first-order valence-electron chi connectivity index (χ1n) is 1.11. The Morgan fingerprint density at radius 3 is 2.00 bits per heavy atom. The Balaban J connectivity index is 2.54. The lowest BCUT2D eigenvalue weighted by molar-refractivity contribution is 0.500. The molecule has 0 unspecified atom stereocenters. The Kier molecular flexibility index (Phi) is 3.65. The van der Waals surface area contributed by atoms with Crippen molar-refractivity contribution >= 4 is 31.9 Å². The lowest BCUT2D eigenvalue weighted by Gasteiger charge is -1.81. The molecule has 0 aromatic heterocycles. The number of hydrogen-bond donors (Lipinski definition) is 0. The average Bonchev–Trinajstić information content (AvgIpc) is 1.38. The van der Waals surface area contributed by atoms with Gasteiger partial charge in [0.2, 0.25) is 0 Å². The van der Waals surface area contributed by atoms with Crippen LogP contribution >= 0.6 is 31.9 Å². The van der Waals surface area contributed by atoms with Gasteiger partial charge in [-0.05, 0) is 0 Å². The molecule has 0 amide bonds. The van der Waals surface area contributed by atoms with Crippen LogP contribution in [-0.2, 0) is 0 Å². The third kappa shape index (κ3) is 4.89. The van der Waals surface area contributed by atoms with Gasteiger partial charge in [-0.15, -0.1) is 0 Å². The van der Waals surface area contributed by atoms with Crippen molar-refractivity contribution in [3.8, 4) is 0 Å². The second-order valence-electron chi connectivity index (χ2n) is 0.545. The summed E-state index contributed by atoms with van der Waals surface area (Å²) in [7, 11) is 0. The summed E-state index contributed by atoms with van der Waals surface area (Å²) in [6.07, 6.45) is 0. The maximum absolute atomic E-state index is 11.3. The van der Waals surface area contributed by atoms with Crippen molar-refractivity contribution in [2.45, 2.75) is 5.08 Å². The molecule has 0 radical (unpaired) electrons. The quantitative estimate of drug-likeness (QED) is 0.576. The summed E-state index contributed by atoms with van der Waals surface area (Å²) in [4.78, 5) is 0. The molecule has 32 valence electrons. The van der Waals surface area contributed by atoms with Crippen molar-refractivity contribution in [1.82, 2.24) is 0 Å². The third-order valence-corrected chi connectivity index (χ3v) is 1.88. The van der Waals surface area contributed by atoms with Gasteiger partial charge in [0.1, 0.15) is 0 Å². The highest BCUT2D eigenvalue weighted by Crippen LogP contribution is 2.02. The zero-order valence-corrected chi connectivity index (χ0v) is 5.59. The van der Waals surface area contributed by atoms with Crippen molar-refractivity contribution in [3.63, 3.8) is 0 Å². The van der Waals surface area contributed by atoms with E-state index in [1.165, 1.54) is 0 Å². The van der Waals surface area contributed by atoms with Gasteiger partial charge in [-0.1, -0.05) is 31.9 Å². The van der Waals surface area contributed by atoms with Gasteiger partial charge >= 0.3 is 0 Å². The van der Waals surface area contributed by atoms with Crippen molar-refractivity contribution in [2.24, 2.45) is 0 Å². The van der Waals surface area contributed by atoms with Crippen LogP contribution in [0.15, 0.2) is 0 Å². The zero-order valence-electron chi connectivity index (χ0n) is 2.42. The first-order valence-corrected chi connectivity index (χ1v) is 3.15. The molecule has 0 rings (SSSR count). The molecule has 0 nitrogen and oxygen atoms in total. The summed E-state index contributed by atoms with van der Waals surface area (Å²) in [5.74, 6) is 0. The van der Waals surface area contributed by atoms with Gasteiger partial charge < -0.3 is 0 Å². The van der Waals surface area contributed by atoms with Crippen LogP contribution in [0, 0.1) is 0 Å². The van der Waals surface area contributed by atoms with E-state index in [1.807, 2.05) is 0 Å². The Morgan fingerprint density at radius 2 is 2.00 bits per heavy atom. The van der Waals surface area contributed by atoms with Gasteiger partial charge in [0.25, 0.3) is 0 Å². The molecule has 0 fully saturated rings. The number of rotatable bonds is 1. The number of halogens is 3. The molecule has 0 N–H and O–H groups in total. The third-order valence-electron chi connectivity index (χ3n) is 0.117. The molecule has 0 aliphatic rings. The Morgan fingerprint density at radius 1 is 1.80 bits per heavy atom. The summed E-state index contributed by atoms with van der Waals surface area (Å²) in [6.45, 7) is 0. The van der Waals surface area contributed by atoms with Crippen LogP contribution in [-0.4, -0.2) is 10.4 Å². The highest BCUT2D eigenvalue weighted by Gasteiger charge is 1.89. The van der Waals surface area contributed by atoms with E-state index < -0.39 is 5.08 Å². The van der Waals surface area contributed by atoms with E-state index in [9.17, 15) is 4.39 Å². The van der Waals surface area contributed by atoms with Gasteiger partial charge in [0.15, 0.2) is 5.08 Å². The lowest BCUT2D eigenvalue weighted by atomic mass is 10.9. The fraction of sp³-hybridized carbons (Fsp3) is 1.00. The van der Waals surface area contributed by atoms with Gasteiger partial charge in [-0.25, -0.2) is 4.39 Å². The Bertz CT molecular complexity index is 21.6. The number of hydrogen-bond acceptors (Lipinski definition) is 0. The SMILES string of the molecule is F[C@H](Br)CBr. The van der Waals surface area contributed by atoms with Crippen LogP contribution in [0.4, 0.5) is 4.39 Å². The predicted molar refractivity (Wildman–Crippen MR) is 27.6 cm³/mol. The van der Waals surface area contributed by atoms with Crippen LogP contribution in [0.5, 0.6) is 0 Å². The van der Waals surface area contributed by atoms with E-state index in [4.69, 9.17) is 0 Å². The second kappa shape index (κ2) is 3.09. The molecular weight excluding hydrogens is 203 g/mol. The molecule has 0 saturated heterocycles. The topological polar surface area (TPSA) is 0 Å². The maximum atomic E-state index is 11.3. The first-order chi connectivity index (χ1) is 2.27. The molecule has 0 saturated carbocycles. The lowest BCUT2D eigenvalue weighted by Crippen LogP contribution is -1.83. The van der Waals surface area contributed by atoms with E-state index in [0.717, 1.165) is 0 Å². The van der Waals surface area contributed by atoms with Crippen LogP contribution in [0.3, 0.4) is 0 Å². The molecule has 0 aromatic carbocycles. The summed E-state index contributed by atoms with van der Waals surface area (Å²) < 4.78 is 11.3. The normalized spacial score (nSPS) is 15.0. The van der Waals surface area contributed by atoms with Gasteiger partial charge in [-0.2, -0.15) is 0 Å². The highest BCUT2D eigenvalue weighted by molar-refractivity contribution is 9.12. The molecule has 0 heterocycles. The molecule has 0 bridgehead atoms. The van der Waals surface area contributed by atoms with Crippen LogP contribution in [0.25, 0.3) is 0 Å². The fourth-order valence-corrected chi connectivity index (χ4v) is 0. The standard InChI is InChI=1S/C2H3Br2F/c3-1-2(4)5/h2H,1H2/t2-/m0/s1. The molecule has 3 heteroatoms. The smallest absolute Gasteiger partial charge is 0.164 e. The average molecular weight is 206 g/mol. The molecule has 0 aliphatic heterocycles. The largest absolute Gasteiger partial charge is 0.234 e. The van der Waals surface area contributed by atoms with E-state index in [-0.39, 0.29) is 0 Å². The minimum Gasteiger partial charge on any atom is -0.234 e. The molecule has 1 atom stereocenters. The molecular formula is C2H3Br2F. The van der Waals surface area contributed by atoms with E-state index >= 15 is 0 Å². The van der Waals surface area contributed by atoms with Crippen LogP contribution < -0.4 is 0 Å². The zero-order chi connectivity index (χ0) is 4.28. The minimum atomic E-state index is -0.887. The number of alkyl halides is 3. The highest BCUT2D eigenvalue weighted by atomic mass is 79.9. The maximum Gasteiger partial charge on any atom is 0.164 e.